The fourth-order valence-corrected chi connectivity index (χ4v) is 5.25. The second kappa shape index (κ2) is 11.6. The number of nitrogens with zero attached hydrogens (tertiary/aromatic N) is 3. The molecule has 0 aliphatic carbocycles. The predicted molar refractivity (Wildman–Crippen MR) is 140 cm³/mol. The molecule has 1 atom stereocenters. The molecule has 36 heavy (non-hydrogen) atoms. The van der Waals surface area contributed by atoms with Gasteiger partial charge in [0, 0.05) is 37.3 Å². The van der Waals surface area contributed by atoms with E-state index in [0.29, 0.717) is 36.8 Å². The number of hydrogen-bond donors (Lipinski definition) is 1. The molecule has 4 rings (SSSR count). The van der Waals surface area contributed by atoms with Crippen LogP contribution in [-0.2, 0) is 16.6 Å². The molecule has 1 saturated heterocycles. The molecule has 1 N–H and O–H groups in total. The molecule has 0 saturated carbocycles. The van der Waals surface area contributed by atoms with Crippen molar-refractivity contribution in [3.63, 3.8) is 0 Å². The second-order valence-corrected chi connectivity index (χ2v) is 10.2. The molecule has 0 unspecified atom stereocenters. The number of aliphatic hydroxyl groups is 1. The molecule has 2 aromatic carbocycles. The lowest BCUT2D eigenvalue weighted by Gasteiger charge is -2.43. The van der Waals surface area contributed by atoms with Gasteiger partial charge in [-0.3, -0.25) is 9.59 Å². The highest BCUT2D eigenvalue weighted by atomic mass is 16.3. The van der Waals surface area contributed by atoms with Crippen LogP contribution in [0.15, 0.2) is 73.1 Å². The standard InChI is InChI=1S/C30H35N3O3/c1-22(2)17-26(23-9-5-3-6-10-23)29(36)33-15-13-30(14-16-33,25-11-7-4-8-12-25)18-28-31-19-24(20-32-28)27(35)21-34/h3-12,19-20,22,26,34H,13-18,21H2,1-2H3/t26-/m0/s1. The van der Waals surface area contributed by atoms with Gasteiger partial charge in [-0.15, -0.1) is 0 Å². The molecule has 6 nitrogen and oxygen atoms in total. The summed E-state index contributed by atoms with van der Waals surface area (Å²) in [6.07, 6.45) is 6.07. The molecule has 1 amide bonds. The monoisotopic (exact) mass is 485 g/mol. The Labute approximate surface area is 213 Å². The lowest BCUT2D eigenvalue weighted by molar-refractivity contribution is -0.134. The van der Waals surface area contributed by atoms with E-state index >= 15 is 0 Å². The maximum atomic E-state index is 13.7. The first-order chi connectivity index (χ1) is 17.4. The molecule has 1 aliphatic rings. The Kier molecular flexibility index (Phi) is 8.26. The highest BCUT2D eigenvalue weighted by Crippen LogP contribution is 2.39. The van der Waals surface area contributed by atoms with Crippen LogP contribution < -0.4 is 0 Å². The van der Waals surface area contributed by atoms with E-state index in [1.165, 1.54) is 18.0 Å². The van der Waals surface area contributed by atoms with E-state index < -0.39 is 6.61 Å². The largest absolute Gasteiger partial charge is 0.388 e. The Morgan fingerprint density at radius 1 is 0.944 bits per heavy atom. The van der Waals surface area contributed by atoms with Gasteiger partial charge in [-0.25, -0.2) is 9.97 Å². The smallest absolute Gasteiger partial charge is 0.230 e. The minimum absolute atomic E-state index is 0.129. The third kappa shape index (κ3) is 5.88. The fraction of sp³-hybridized carbons (Fsp3) is 0.400. The molecule has 188 valence electrons. The van der Waals surface area contributed by atoms with Crippen molar-refractivity contribution in [2.24, 2.45) is 5.92 Å². The van der Waals surface area contributed by atoms with Gasteiger partial charge in [-0.2, -0.15) is 0 Å². The van der Waals surface area contributed by atoms with Gasteiger partial charge in [0.25, 0.3) is 0 Å². The first-order valence-corrected chi connectivity index (χ1v) is 12.8. The third-order valence-corrected chi connectivity index (χ3v) is 7.29. The van der Waals surface area contributed by atoms with Crippen LogP contribution in [0.3, 0.4) is 0 Å². The van der Waals surface area contributed by atoms with Crippen molar-refractivity contribution < 1.29 is 14.7 Å². The van der Waals surface area contributed by atoms with Gasteiger partial charge in [0.2, 0.25) is 5.91 Å². The number of aromatic nitrogens is 2. The third-order valence-electron chi connectivity index (χ3n) is 7.29. The molecular formula is C30H35N3O3. The van der Waals surface area contributed by atoms with E-state index in [-0.39, 0.29) is 23.0 Å². The van der Waals surface area contributed by atoms with Crippen LogP contribution in [0.25, 0.3) is 0 Å². The zero-order chi connectivity index (χ0) is 25.5. The molecule has 1 aromatic heterocycles. The van der Waals surface area contributed by atoms with Crippen LogP contribution in [0.5, 0.6) is 0 Å². The topological polar surface area (TPSA) is 83.4 Å². The van der Waals surface area contributed by atoms with Crippen LogP contribution in [0.2, 0.25) is 0 Å². The highest BCUT2D eigenvalue weighted by molar-refractivity contribution is 5.96. The number of ketones is 1. The summed E-state index contributed by atoms with van der Waals surface area (Å²) in [6, 6.07) is 20.5. The summed E-state index contributed by atoms with van der Waals surface area (Å²) in [5, 5.41) is 9.10. The highest BCUT2D eigenvalue weighted by Gasteiger charge is 2.39. The van der Waals surface area contributed by atoms with Crippen LogP contribution >= 0.6 is 0 Å². The molecule has 1 aliphatic heterocycles. The van der Waals surface area contributed by atoms with E-state index in [4.69, 9.17) is 5.11 Å². The van der Waals surface area contributed by atoms with E-state index in [0.717, 1.165) is 24.8 Å². The predicted octanol–water partition coefficient (Wildman–Crippen LogP) is 4.58. The van der Waals surface area contributed by atoms with E-state index in [1.54, 1.807) is 0 Å². The van der Waals surface area contributed by atoms with Crippen LogP contribution in [-0.4, -0.2) is 51.4 Å². The number of likely N-dealkylation sites (tertiary alicyclic amines) is 1. The number of Topliss-reactive ketones (excluding diaryl/α,β-unsaturated/α-hetero) is 1. The van der Waals surface area contributed by atoms with E-state index in [9.17, 15) is 9.59 Å². The molecule has 0 radical (unpaired) electrons. The van der Waals surface area contributed by atoms with Gasteiger partial charge in [0.15, 0.2) is 5.78 Å². The summed E-state index contributed by atoms with van der Waals surface area (Å²) >= 11 is 0. The van der Waals surface area contributed by atoms with Gasteiger partial charge < -0.3 is 10.0 Å². The lowest BCUT2D eigenvalue weighted by Crippen LogP contribution is -2.48. The van der Waals surface area contributed by atoms with Crippen molar-refractivity contribution in [1.29, 1.82) is 0 Å². The van der Waals surface area contributed by atoms with Crippen molar-refractivity contribution >= 4 is 11.7 Å². The molecule has 6 heteroatoms. The fourth-order valence-electron chi connectivity index (χ4n) is 5.25. The number of rotatable bonds is 9. The Bertz CT molecular complexity index is 1140. The number of hydrogen-bond acceptors (Lipinski definition) is 5. The van der Waals surface area contributed by atoms with Crippen molar-refractivity contribution in [1.82, 2.24) is 14.9 Å². The van der Waals surface area contributed by atoms with Crippen LogP contribution in [0.4, 0.5) is 0 Å². The zero-order valence-corrected chi connectivity index (χ0v) is 21.1. The number of carbonyl (C=O) groups is 2. The minimum Gasteiger partial charge on any atom is -0.388 e. The summed E-state index contributed by atoms with van der Waals surface area (Å²) in [7, 11) is 0. The summed E-state index contributed by atoms with van der Waals surface area (Å²) in [6.45, 7) is 5.13. The maximum Gasteiger partial charge on any atom is 0.230 e. The molecular weight excluding hydrogens is 450 g/mol. The number of benzene rings is 2. The van der Waals surface area contributed by atoms with Gasteiger partial charge >= 0.3 is 0 Å². The van der Waals surface area contributed by atoms with Gasteiger partial charge in [-0.05, 0) is 36.3 Å². The summed E-state index contributed by atoms with van der Waals surface area (Å²) < 4.78 is 0. The minimum atomic E-state index is -0.554. The average molecular weight is 486 g/mol. The Balaban J connectivity index is 1.54. The summed E-state index contributed by atoms with van der Waals surface area (Å²) in [4.78, 5) is 36.4. The zero-order valence-electron chi connectivity index (χ0n) is 21.1. The Morgan fingerprint density at radius 3 is 2.08 bits per heavy atom. The number of amides is 1. The summed E-state index contributed by atoms with van der Waals surface area (Å²) in [5.74, 6) is 0.774. The van der Waals surface area contributed by atoms with Crippen LogP contribution in [0.1, 0.15) is 66.3 Å². The molecule has 2 heterocycles. The number of piperidine rings is 1. The molecule has 0 spiro atoms. The number of aliphatic hydroxyl groups excluding tert-OH is 1. The first-order valence-electron chi connectivity index (χ1n) is 12.8. The van der Waals surface area contributed by atoms with Crippen molar-refractivity contribution in [2.75, 3.05) is 19.7 Å². The van der Waals surface area contributed by atoms with E-state index in [1.807, 2.05) is 41.3 Å². The number of carbonyl (C=O) groups excluding carboxylic acids is 2. The van der Waals surface area contributed by atoms with Crippen LogP contribution in [0, 0.1) is 5.92 Å². The SMILES string of the molecule is CC(C)C[C@H](C(=O)N1CCC(Cc2ncc(C(=O)CO)cn2)(c2ccccc2)CC1)c1ccccc1. The van der Waals surface area contributed by atoms with Crippen molar-refractivity contribution in [2.45, 2.75) is 50.9 Å². The average Bonchev–Trinajstić information content (AvgIpc) is 2.92. The van der Waals surface area contributed by atoms with Crippen molar-refractivity contribution in [3.8, 4) is 0 Å². The van der Waals surface area contributed by atoms with Gasteiger partial charge in [-0.1, -0.05) is 74.5 Å². The lowest BCUT2D eigenvalue weighted by atomic mass is 9.70. The van der Waals surface area contributed by atoms with Crippen molar-refractivity contribution in [3.05, 3.63) is 95.6 Å². The Morgan fingerprint density at radius 2 is 1.53 bits per heavy atom. The van der Waals surface area contributed by atoms with Gasteiger partial charge in [0.05, 0.1) is 11.5 Å². The molecule has 0 bridgehead atoms. The normalized spacial score (nSPS) is 16.1. The van der Waals surface area contributed by atoms with Gasteiger partial charge in [0.1, 0.15) is 12.4 Å². The molecule has 1 fully saturated rings. The van der Waals surface area contributed by atoms with E-state index in [2.05, 4.69) is 48.1 Å². The Hall–Kier alpha value is -3.38. The summed E-state index contributed by atoms with van der Waals surface area (Å²) in [5.41, 5.74) is 2.42. The maximum absolute atomic E-state index is 13.7. The second-order valence-electron chi connectivity index (χ2n) is 10.2. The first kappa shape index (κ1) is 25.7. The molecule has 3 aromatic rings. The quantitative estimate of drug-likeness (QED) is 0.449.